The first-order valence-corrected chi connectivity index (χ1v) is 14.9. The Bertz CT molecular complexity index is 240. The normalized spacial score (nSPS) is 29.4. The molecule has 0 N–H and O–H groups in total. The number of hydrogen-bond acceptors (Lipinski definition) is 0. The third kappa shape index (κ3) is 3.37. The number of hydrogen-bond donors (Lipinski definition) is 0. The summed E-state index contributed by atoms with van der Waals surface area (Å²) in [6.45, 7) is 0. The van der Waals surface area contributed by atoms with Gasteiger partial charge >= 0.3 is 132 Å². The van der Waals surface area contributed by atoms with Crippen LogP contribution >= 0.6 is 7.43 Å². The van der Waals surface area contributed by atoms with Gasteiger partial charge < -0.3 is 0 Å². The van der Waals surface area contributed by atoms with E-state index in [-0.39, 0.29) is 0 Å². The van der Waals surface area contributed by atoms with Crippen LogP contribution in [0, 0.1) is 0 Å². The third-order valence-electron chi connectivity index (χ3n) is 5.84. The van der Waals surface area contributed by atoms with E-state index >= 15 is 0 Å². The van der Waals surface area contributed by atoms with Gasteiger partial charge in [-0.1, -0.05) is 0 Å². The van der Waals surface area contributed by atoms with E-state index in [2.05, 4.69) is 7.43 Å². The van der Waals surface area contributed by atoms with Crippen molar-refractivity contribution in [3.63, 3.8) is 0 Å². The van der Waals surface area contributed by atoms with Gasteiger partial charge in [-0.05, 0) is 0 Å². The van der Waals surface area contributed by atoms with Crippen molar-refractivity contribution in [2.24, 2.45) is 0 Å². The first kappa shape index (κ1) is 16.0. The molecule has 3 fully saturated rings. The van der Waals surface area contributed by atoms with Crippen LogP contribution in [-0.2, 0) is 15.0 Å². The van der Waals surface area contributed by atoms with E-state index in [1.807, 2.05) is 0 Å². The van der Waals surface area contributed by atoms with E-state index in [0.29, 0.717) is 0 Å². The molecule has 1 atom stereocenters. The van der Waals surface area contributed by atoms with Crippen molar-refractivity contribution in [1.82, 2.24) is 0 Å². The summed E-state index contributed by atoms with van der Waals surface area (Å²) in [6.07, 6.45) is 23.5. The average molecular weight is 389 g/mol. The predicted molar refractivity (Wildman–Crippen MR) is 90.2 cm³/mol. The summed E-state index contributed by atoms with van der Waals surface area (Å²) < 4.78 is 3.55. The number of rotatable bonds is 3. The van der Waals surface area contributed by atoms with Crippen molar-refractivity contribution >= 4 is 7.43 Å². The first-order valence-electron chi connectivity index (χ1n) is 9.18. The van der Waals surface area contributed by atoms with Crippen LogP contribution in [0.2, 0.25) is 13.2 Å². The molecule has 3 aliphatic carbocycles. The van der Waals surface area contributed by atoms with Gasteiger partial charge in [0.2, 0.25) is 0 Å². The second kappa shape index (κ2) is 7.58. The van der Waals surface area contributed by atoms with Crippen LogP contribution in [0.4, 0.5) is 0 Å². The zero-order valence-electron chi connectivity index (χ0n) is 13.2. The molecule has 0 bridgehead atoms. The molecule has 3 saturated carbocycles. The summed E-state index contributed by atoms with van der Waals surface area (Å²) >= 11 is -1.27. The third-order valence-corrected chi connectivity index (χ3v) is 20.4. The van der Waals surface area contributed by atoms with Crippen molar-refractivity contribution in [1.29, 1.82) is 0 Å². The minimum atomic E-state index is -1.27. The summed E-state index contributed by atoms with van der Waals surface area (Å²) in [5.74, 6) is 0. The van der Waals surface area contributed by atoms with E-state index < -0.39 is 15.0 Å². The molecule has 0 aromatic heterocycles. The minimum absolute atomic E-state index is 1.18. The summed E-state index contributed by atoms with van der Waals surface area (Å²) in [4.78, 5) is 0. The molecule has 0 aliphatic heterocycles. The van der Waals surface area contributed by atoms with Gasteiger partial charge in [0, 0.05) is 0 Å². The van der Waals surface area contributed by atoms with Crippen molar-refractivity contribution in [3.8, 4) is 0 Å². The van der Waals surface area contributed by atoms with E-state index in [0.717, 1.165) is 0 Å². The Kier molecular flexibility index (Phi) is 6.05. The van der Waals surface area contributed by atoms with Gasteiger partial charge in [-0.3, -0.25) is 0 Å². The molecule has 0 heterocycles. The Balaban J connectivity index is 1.79. The van der Waals surface area contributed by atoms with Crippen LogP contribution in [-0.4, -0.2) is 0 Å². The van der Waals surface area contributed by atoms with Crippen molar-refractivity contribution in [2.75, 3.05) is 0 Å². The monoisotopic (exact) mass is 388 g/mol. The second-order valence-corrected chi connectivity index (χ2v) is 17.8. The molecular formula is C18H35PPd. The summed E-state index contributed by atoms with van der Waals surface area (Å²) in [5.41, 5.74) is 0. The van der Waals surface area contributed by atoms with E-state index in [1.165, 1.54) is 32.4 Å². The summed E-state index contributed by atoms with van der Waals surface area (Å²) in [6, 6.07) is 0. The van der Waals surface area contributed by atoms with Crippen molar-refractivity contribution in [2.45, 2.75) is 109 Å². The van der Waals surface area contributed by atoms with Gasteiger partial charge in [-0.15, -0.1) is 0 Å². The Morgan fingerprint density at radius 3 is 0.950 bits per heavy atom. The molecule has 2 heteroatoms. The molecule has 0 aromatic rings. The van der Waals surface area contributed by atoms with E-state index in [4.69, 9.17) is 0 Å². The molecule has 0 saturated heterocycles. The van der Waals surface area contributed by atoms with Crippen LogP contribution in [0.1, 0.15) is 96.3 Å². The van der Waals surface area contributed by atoms with Crippen LogP contribution in [0.5, 0.6) is 0 Å². The van der Waals surface area contributed by atoms with Gasteiger partial charge in [-0.25, -0.2) is 0 Å². The molecule has 20 heavy (non-hydrogen) atoms. The summed E-state index contributed by atoms with van der Waals surface area (Å²) in [5, 5.41) is 0. The Labute approximate surface area is 132 Å². The fourth-order valence-electron chi connectivity index (χ4n) is 4.66. The predicted octanol–water partition coefficient (Wildman–Crippen LogP) is 7.19. The van der Waals surface area contributed by atoms with Crippen molar-refractivity contribution in [3.05, 3.63) is 0 Å². The van der Waals surface area contributed by atoms with Gasteiger partial charge in [0.1, 0.15) is 0 Å². The molecule has 0 aromatic carbocycles. The van der Waals surface area contributed by atoms with E-state index in [9.17, 15) is 0 Å². The Morgan fingerprint density at radius 2 is 0.700 bits per heavy atom. The molecule has 3 aliphatic rings. The SMILES string of the molecule is [PH2][Pd]([CH]1CCCCC1)([CH]1CCCCC1)[CH]1CCCCC1. The fourth-order valence-corrected chi connectivity index (χ4v) is 18.1. The first-order chi connectivity index (χ1) is 9.82. The standard InChI is InChI=1S/3C6H11.H2P.Pd/c3*1-2-4-6-5-3-1;;/h3*1H,2-6H2;1H2;/q;;;-1;+1. The second-order valence-electron chi connectivity index (χ2n) is 7.19. The molecule has 3 rings (SSSR count). The molecule has 0 amide bonds. The van der Waals surface area contributed by atoms with Gasteiger partial charge in [0.25, 0.3) is 0 Å². The van der Waals surface area contributed by atoms with E-state index in [1.54, 1.807) is 77.0 Å². The van der Waals surface area contributed by atoms with Crippen LogP contribution in [0.3, 0.4) is 0 Å². The quantitative estimate of drug-likeness (QED) is 0.354. The fraction of sp³-hybridized carbons (Fsp3) is 1.00. The maximum atomic E-state index is 3.67. The van der Waals surface area contributed by atoms with Gasteiger partial charge in [0.05, 0.1) is 0 Å². The van der Waals surface area contributed by atoms with Gasteiger partial charge in [0.15, 0.2) is 0 Å². The Hall–Kier alpha value is 1.09. The average Bonchev–Trinajstić information content (AvgIpc) is 2.56. The molecule has 122 valence electrons. The van der Waals surface area contributed by atoms with Crippen molar-refractivity contribution < 1.29 is 15.0 Å². The molecule has 0 nitrogen and oxygen atoms in total. The van der Waals surface area contributed by atoms with Crippen LogP contribution in [0.15, 0.2) is 0 Å². The molecule has 0 radical (unpaired) electrons. The zero-order valence-corrected chi connectivity index (χ0v) is 15.9. The molecular weight excluding hydrogens is 354 g/mol. The maximum absolute atomic E-state index is 3.67. The van der Waals surface area contributed by atoms with Crippen LogP contribution in [0.25, 0.3) is 0 Å². The van der Waals surface area contributed by atoms with Crippen LogP contribution < -0.4 is 0 Å². The molecule has 0 spiro atoms. The summed E-state index contributed by atoms with van der Waals surface area (Å²) in [7, 11) is 3.67. The Morgan fingerprint density at radius 1 is 0.450 bits per heavy atom. The molecule has 1 unspecified atom stereocenters. The zero-order chi connectivity index (χ0) is 13.8. The van der Waals surface area contributed by atoms with Gasteiger partial charge in [-0.2, -0.15) is 0 Å². The topological polar surface area (TPSA) is 0 Å².